The van der Waals surface area contributed by atoms with Gasteiger partial charge in [-0.3, -0.25) is 9.10 Å². The van der Waals surface area contributed by atoms with Crippen LogP contribution < -0.4 is 9.62 Å². The zero-order valence-electron chi connectivity index (χ0n) is 17.7. The van der Waals surface area contributed by atoms with E-state index in [1.807, 2.05) is 30.3 Å². The van der Waals surface area contributed by atoms with Crippen molar-refractivity contribution < 1.29 is 21.6 Å². The Kier molecular flexibility index (Phi) is 8.92. The number of thioether (sulfide) groups is 1. The summed E-state index contributed by atoms with van der Waals surface area (Å²) in [6, 6.07) is 15.4. The maximum Gasteiger partial charge on any atom is 0.242 e. The van der Waals surface area contributed by atoms with E-state index < -0.39 is 26.0 Å². The molecule has 0 spiro atoms. The number of amides is 1. The molecule has 0 heterocycles. The number of carbonyl (C=O) groups is 1. The molecule has 2 aromatic rings. The number of anilines is 1. The lowest BCUT2D eigenvalue weighted by Crippen LogP contribution is -2.41. The van der Waals surface area contributed by atoms with Gasteiger partial charge in [-0.2, -0.15) is 11.8 Å². The highest BCUT2D eigenvalue weighted by atomic mass is 32.2. The van der Waals surface area contributed by atoms with Crippen molar-refractivity contribution >= 4 is 43.4 Å². The molecule has 0 radical (unpaired) electrons. The van der Waals surface area contributed by atoms with E-state index in [0.717, 1.165) is 20.6 Å². The third-order valence-corrected chi connectivity index (χ3v) is 8.27. The molecule has 0 saturated carbocycles. The summed E-state index contributed by atoms with van der Waals surface area (Å²) in [5, 5.41) is 2.72. The number of benzene rings is 2. The third-order valence-electron chi connectivity index (χ3n) is 4.27. The molecule has 8 nitrogen and oxygen atoms in total. The normalized spacial score (nSPS) is 12.0. The number of nitrogens with zero attached hydrogens (tertiary/aromatic N) is 2. The van der Waals surface area contributed by atoms with Crippen LogP contribution in [0.25, 0.3) is 0 Å². The molecular weight excluding hydrogens is 458 g/mol. The largest absolute Gasteiger partial charge is 0.354 e. The summed E-state index contributed by atoms with van der Waals surface area (Å²) in [5.41, 5.74) is 1.41. The van der Waals surface area contributed by atoms with Crippen LogP contribution in [0.5, 0.6) is 0 Å². The highest BCUT2D eigenvalue weighted by Gasteiger charge is 2.22. The Bertz CT molecular complexity index is 1070. The first-order chi connectivity index (χ1) is 14.5. The lowest BCUT2D eigenvalue weighted by Gasteiger charge is -2.22. The number of carbonyl (C=O) groups excluding carboxylic acids is 1. The molecular formula is C20H27N3O5S3. The molecule has 0 aliphatic carbocycles. The lowest BCUT2D eigenvalue weighted by molar-refractivity contribution is -0.119. The minimum atomic E-state index is -3.74. The van der Waals surface area contributed by atoms with E-state index >= 15 is 0 Å². The van der Waals surface area contributed by atoms with Crippen molar-refractivity contribution in [2.24, 2.45) is 0 Å². The SMILES string of the molecule is CN(C)S(=O)(=O)c1ccc(N(CC(=O)NCCSCc2ccccc2)S(C)(=O)=O)cc1. The van der Waals surface area contributed by atoms with Crippen molar-refractivity contribution in [3.8, 4) is 0 Å². The van der Waals surface area contributed by atoms with Crippen molar-refractivity contribution in [1.29, 1.82) is 0 Å². The van der Waals surface area contributed by atoms with Crippen LogP contribution >= 0.6 is 11.8 Å². The van der Waals surface area contributed by atoms with Gasteiger partial charge in [-0.05, 0) is 29.8 Å². The van der Waals surface area contributed by atoms with Gasteiger partial charge in [-0.25, -0.2) is 21.1 Å². The Balaban J connectivity index is 1.95. The van der Waals surface area contributed by atoms with E-state index in [1.165, 1.54) is 43.9 Å². The highest BCUT2D eigenvalue weighted by Crippen LogP contribution is 2.21. The van der Waals surface area contributed by atoms with Crippen LogP contribution in [-0.2, 0) is 30.6 Å². The monoisotopic (exact) mass is 485 g/mol. The van der Waals surface area contributed by atoms with E-state index in [4.69, 9.17) is 0 Å². The highest BCUT2D eigenvalue weighted by molar-refractivity contribution is 7.98. The summed E-state index contributed by atoms with van der Waals surface area (Å²) < 4.78 is 50.8. The molecule has 0 unspecified atom stereocenters. The summed E-state index contributed by atoms with van der Waals surface area (Å²) in [5.74, 6) is 1.08. The van der Waals surface area contributed by atoms with Crippen LogP contribution in [0.2, 0.25) is 0 Å². The summed E-state index contributed by atoms with van der Waals surface area (Å²) in [6.07, 6.45) is 1.00. The van der Waals surface area contributed by atoms with Gasteiger partial charge in [-0.1, -0.05) is 30.3 Å². The average Bonchev–Trinajstić information content (AvgIpc) is 2.71. The van der Waals surface area contributed by atoms with Gasteiger partial charge in [0.1, 0.15) is 6.54 Å². The average molecular weight is 486 g/mol. The number of nitrogens with one attached hydrogen (secondary N) is 1. The molecule has 0 aliphatic heterocycles. The Morgan fingerprint density at radius 1 is 0.968 bits per heavy atom. The second kappa shape index (κ2) is 11.0. The van der Waals surface area contributed by atoms with Gasteiger partial charge >= 0.3 is 0 Å². The molecule has 0 fully saturated rings. The Hall–Kier alpha value is -2.08. The summed E-state index contributed by atoms with van der Waals surface area (Å²) in [6.45, 7) is 0.0237. The Labute approximate surface area is 188 Å². The maximum absolute atomic E-state index is 12.3. The van der Waals surface area contributed by atoms with E-state index in [9.17, 15) is 21.6 Å². The van der Waals surface area contributed by atoms with Gasteiger partial charge in [-0.15, -0.1) is 0 Å². The zero-order valence-corrected chi connectivity index (χ0v) is 20.1. The smallest absolute Gasteiger partial charge is 0.242 e. The Morgan fingerprint density at radius 2 is 1.58 bits per heavy atom. The minimum Gasteiger partial charge on any atom is -0.354 e. The summed E-state index contributed by atoms with van der Waals surface area (Å²) in [7, 11) is -4.55. The van der Waals surface area contributed by atoms with Crippen molar-refractivity contribution in [1.82, 2.24) is 9.62 Å². The molecule has 1 amide bonds. The molecule has 0 aromatic heterocycles. The molecule has 0 saturated heterocycles. The van der Waals surface area contributed by atoms with Crippen LogP contribution in [0.4, 0.5) is 5.69 Å². The predicted octanol–water partition coefficient (Wildman–Crippen LogP) is 1.75. The van der Waals surface area contributed by atoms with Crippen molar-refractivity contribution in [3.05, 3.63) is 60.2 Å². The standard InChI is InChI=1S/C20H27N3O5S3/c1-22(2)31(27,28)19-11-9-18(10-12-19)23(30(3,25)26)15-20(24)21-13-14-29-16-17-7-5-4-6-8-17/h4-12H,13-16H2,1-3H3,(H,21,24). The van der Waals surface area contributed by atoms with Crippen LogP contribution in [0.15, 0.2) is 59.5 Å². The molecule has 31 heavy (non-hydrogen) atoms. The fourth-order valence-corrected chi connectivity index (χ4v) is 5.19. The van der Waals surface area contributed by atoms with Gasteiger partial charge in [0.05, 0.1) is 16.8 Å². The number of hydrogen-bond acceptors (Lipinski definition) is 6. The molecule has 170 valence electrons. The Morgan fingerprint density at radius 3 is 2.13 bits per heavy atom. The first kappa shape index (κ1) is 25.2. The quantitative estimate of drug-likeness (QED) is 0.487. The van der Waals surface area contributed by atoms with Gasteiger partial charge < -0.3 is 5.32 Å². The van der Waals surface area contributed by atoms with E-state index in [1.54, 1.807) is 11.8 Å². The second-order valence-corrected chi connectivity index (χ2v) is 12.1. The van der Waals surface area contributed by atoms with Gasteiger partial charge in [0, 0.05) is 32.1 Å². The minimum absolute atomic E-state index is 0.0367. The van der Waals surface area contributed by atoms with Crippen molar-refractivity contribution in [3.63, 3.8) is 0 Å². The first-order valence-electron chi connectivity index (χ1n) is 9.40. The number of rotatable bonds is 11. The molecule has 1 N–H and O–H groups in total. The van der Waals surface area contributed by atoms with Crippen LogP contribution in [0, 0.1) is 0 Å². The number of hydrogen-bond donors (Lipinski definition) is 1. The van der Waals surface area contributed by atoms with E-state index in [-0.39, 0.29) is 17.1 Å². The van der Waals surface area contributed by atoms with E-state index in [0.29, 0.717) is 12.3 Å². The van der Waals surface area contributed by atoms with Crippen molar-refractivity contribution in [2.45, 2.75) is 10.6 Å². The van der Waals surface area contributed by atoms with Crippen molar-refractivity contribution in [2.75, 3.05) is 43.5 Å². The molecule has 2 aromatic carbocycles. The molecule has 0 aliphatic rings. The van der Waals surface area contributed by atoms with Crippen LogP contribution in [0.1, 0.15) is 5.56 Å². The van der Waals surface area contributed by atoms with Crippen LogP contribution in [0.3, 0.4) is 0 Å². The van der Waals surface area contributed by atoms with Gasteiger partial charge in [0.2, 0.25) is 26.0 Å². The molecule has 2 rings (SSSR count). The topological polar surface area (TPSA) is 104 Å². The molecule has 0 atom stereocenters. The zero-order chi connectivity index (χ0) is 23.1. The first-order valence-corrected chi connectivity index (χ1v) is 13.8. The summed E-state index contributed by atoms with van der Waals surface area (Å²) >= 11 is 1.67. The predicted molar refractivity (Wildman–Crippen MR) is 125 cm³/mol. The van der Waals surface area contributed by atoms with E-state index in [2.05, 4.69) is 5.32 Å². The summed E-state index contributed by atoms with van der Waals surface area (Å²) in [4.78, 5) is 12.3. The fraction of sp³-hybridized carbons (Fsp3) is 0.350. The fourth-order valence-electron chi connectivity index (χ4n) is 2.61. The van der Waals surface area contributed by atoms with Crippen LogP contribution in [-0.4, -0.2) is 66.2 Å². The van der Waals surface area contributed by atoms with Gasteiger partial charge in [0.25, 0.3) is 0 Å². The second-order valence-electron chi connectivity index (χ2n) is 6.94. The maximum atomic E-state index is 12.3. The lowest BCUT2D eigenvalue weighted by atomic mass is 10.2. The molecule has 11 heteroatoms. The molecule has 0 bridgehead atoms. The third kappa shape index (κ3) is 7.53. The van der Waals surface area contributed by atoms with Gasteiger partial charge in [0.15, 0.2) is 0 Å². The number of sulfonamides is 2.